The summed E-state index contributed by atoms with van der Waals surface area (Å²) in [7, 11) is -1.22. The highest BCUT2D eigenvalue weighted by molar-refractivity contribution is 7.93. The third kappa shape index (κ3) is 4.33. The Balaban J connectivity index is 1.80. The second kappa shape index (κ2) is 9.38. The van der Waals surface area contributed by atoms with Gasteiger partial charge in [0.2, 0.25) is 5.91 Å². The molecule has 1 aliphatic rings. The highest BCUT2D eigenvalue weighted by Gasteiger charge is 2.36. The Hall–Kier alpha value is -3.52. The zero-order valence-electron chi connectivity index (χ0n) is 19.7. The Labute approximate surface area is 200 Å². The lowest BCUT2D eigenvalue weighted by Crippen LogP contribution is -2.45. The van der Waals surface area contributed by atoms with Crippen molar-refractivity contribution in [2.24, 2.45) is 0 Å². The monoisotopic (exact) mass is 480 g/mol. The third-order valence-corrected chi connectivity index (χ3v) is 7.78. The number of benzene rings is 3. The van der Waals surface area contributed by atoms with Crippen molar-refractivity contribution in [2.75, 3.05) is 30.0 Å². The number of fused-ring (bicyclic) bond motifs is 1. The standard InChI is InChI=1S/C26H28N2O5S/c1-18-12-13-24(33-4)25(14-18)34(30,31)27(21-9-7-10-22(16-21)32-3)17-26(29)28-19(2)15-20-8-5-6-11-23(20)28/h5-14,16,19H,15,17H2,1-4H3/t19-/m1/s1. The molecule has 0 saturated carbocycles. The number of hydrogen-bond acceptors (Lipinski definition) is 5. The number of para-hydroxylation sites is 1. The Morgan fingerprint density at radius 2 is 1.79 bits per heavy atom. The van der Waals surface area contributed by atoms with Crippen LogP contribution in [0.1, 0.15) is 18.1 Å². The molecule has 1 aliphatic heterocycles. The second-order valence-electron chi connectivity index (χ2n) is 8.31. The highest BCUT2D eigenvalue weighted by Crippen LogP contribution is 2.35. The SMILES string of the molecule is COc1cccc(N(CC(=O)N2c3ccccc3C[C@H]2C)S(=O)(=O)c2cc(C)ccc2OC)c1. The lowest BCUT2D eigenvalue weighted by molar-refractivity contribution is -0.117. The van der Waals surface area contributed by atoms with Crippen LogP contribution >= 0.6 is 0 Å². The smallest absolute Gasteiger partial charge is 0.268 e. The number of nitrogens with zero attached hydrogens (tertiary/aromatic N) is 2. The van der Waals surface area contributed by atoms with Crippen LogP contribution in [0, 0.1) is 6.92 Å². The summed E-state index contributed by atoms with van der Waals surface area (Å²) < 4.78 is 39.8. The molecular formula is C26H28N2O5S. The number of hydrogen-bond donors (Lipinski definition) is 0. The average Bonchev–Trinajstić information content (AvgIpc) is 3.18. The van der Waals surface area contributed by atoms with E-state index in [1.54, 1.807) is 47.4 Å². The molecule has 0 N–H and O–H groups in total. The number of aryl methyl sites for hydroxylation is 1. The van der Waals surface area contributed by atoms with Gasteiger partial charge in [0, 0.05) is 17.8 Å². The van der Waals surface area contributed by atoms with Crippen LogP contribution in [0.15, 0.2) is 71.6 Å². The van der Waals surface area contributed by atoms with Gasteiger partial charge in [-0.15, -0.1) is 0 Å². The average molecular weight is 481 g/mol. The summed E-state index contributed by atoms with van der Waals surface area (Å²) in [4.78, 5) is 15.3. The van der Waals surface area contributed by atoms with Gasteiger partial charge < -0.3 is 14.4 Å². The molecule has 1 amide bonds. The Bertz CT molecular complexity index is 1320. The number of carbonyl (C=O) groups excluding carboxylic acids is 1. The molecule has 3 aromatic rings. The first kappa shape index (κ1) is 23.6. The Kier molecular flexibility index (Phi) is 6.52. The van der Waals surface area contributed by atoms with Crippen LogP contribution in [0.25, 0.3) is 0 Å². The van der Waals surface area contributed by atoms with E-state index in [0.717, 1.165) is 27.5 Å². The largest absolute Gasteiger partial charge is 0.497 e. The van der Waals surface area contributed by atoms with Crippen LogP contribution in [0.2, 0.25) is 0 Å². The van der Waals surface area contributed by atoms with Gasteiger partial charge in [-0.25, -0.2) is 8.42 Å². The lowest BCUT2D eigenvalue weighted by atomic mass is 10.1. The number of amides is 1. The molecular weight excluding hydrogens is 452 g/mol. The lowest BCUT2D eigenvalue weighted by Gasteiger charge is -2.29. The molecule has 34 heavy (non-hydrogen) atoms. The fraction of sp³-hybridized carbons (Fsp3) is 0.269. The van der Waals surface area contributed by atoms with Gasteiger partial charge in [-0.3, -0.25) is 9.10 Å². The number of methoxy groups -OCH3 is 2. The van der Waals surface area contributed by atoms with Crippen LogP contribution in [-0.4, -0.2) is 41.1 Å². The van der Waals surface area contributed by atoms with Crippen LogP contribution < -0.4 is 18.7 Å². The molecule has 0 aliphatic carbocycles. The molecule has 0 saturated heterocycles. The Morgan fingerprint density at radius 3 is 2.53 bits per heavy atom. The summed E-state index contributed by atoms with van der Waals surface area (Å²) in [5.41, 5.74) is 2.98. The van der Waals surface area contributed by atoms with Gasteiger partial charge in [-0.05, 0) is 61.7 Å². The fourth-order valence-corrected chi connectivity index (χ4v) is 5.98. The van der Waals surface area contributed by atoms with Gasteiger partial charge >= 0.3 is 0 Å². The van der Waals surface area contributed by atoms with E-state index in [1.807, 2.05) is 38.1 Å². The number of rotatable bonds is 7. The maximum Gasteiger partial charge on any atom is 0.268 e. The minimum absolute atomic E-state index is 0.000454. The molecule has 0 bridgehead atoms. The van der Waals surface area contributed by atoms with E-state index in [4.69, 9.17) is 9.47 Å². The first-order chi connectivity index (χ1) is 16.3. The maximum absolute atomic E-state index is 14.0. The summed E-state index contributed by atoms with van der Waals surface area (Å²) in [6.45, 7) is 3.40. The van der Waals surface area contributed by atoms with Crippen molar-refractivity contribution in [3.63, 3.8) is 0 Å². The molecule has 7 nitrogen and oxygen atoms in total. The van der Waals surface area contributed by atoms with Gasteiger partial charge in [0.15, 0.2) is 0 Å². The van der Waals surface area contributed by atoms with Crippen LogP contribution in [0.3, 0.4) is 0 Å². The molecule has 0 fully saturated rings. The van der Waals surface area contributed by atoms with Crippen LogP contribution in [-0.2, 0) is 21.2 Å². The molecule has 1 atom stereocenters. The maximum atomic E-state index is 14.0. The van der Waals surface area contributed by atoms with E-state index in [1.165, 1.54) is 14.2 Å². The van der Waals surface area contributed by atoms with Gasteiger partial charge in [0.05, 0.1) is 19.9 Å². The zero-order chi connectivity index (χ0) is 24.5. The van der Waals surface area contributed by atoms with Gasteiger partial charge in [0.1, 0.15) is 22.9 Å². The molecule has 0 radical (unpaired) electrons. The van der Waals surface area contributed by atoms with E-state index in [-0.39, 0.29) is 29.1 Å². The molecule has 0 aromatic heterocycles. The minimum atomic E-state index is -4.16. The van der Waals surface area contributed by atoms with Gasteiger partial charge in [0.25, 0.3) is 10.0 Å². The highest BCUT2D eigenvalue weighted by atomic mass is 32.2. The Morgan fingerprint density at radius 1 is 1.03 bits per heavy atom. The zero-order valence-corrected chi connectivity index (χ0v) is 20.5. The number of ether oxygens (including phenoxy) is 2. The topological polar surface area (TPSA) is 76.2 Å². The van der Waals surface area contributed by atoms with Crippen molar-refractivity contribution in [3.8, 4) is 11.5 Å². The van der Waals surface area contributed by atoms with Gasteiger partial charge in [-0.1, -0.05) is 30.3 Å². The van der Waals surface area contributed by atoms with Crippen molar-refractivity contribution in [2.45, 2.75) is 31.2 Å². The molecule has 0 unspecified atom stereocenters. The second-order valence-corrected chi connectivity index (χ2v) is 10.1. The van der Waals surface area contributed by atoms with Crippen LogP contribution in [0.4, 0.5) is 11.4 Å². The van der Waals surface area contributed by atoms with Crippen molar-refractivity contribution in [1.29, 1.82) is 0 Å². The van der Waals surface area contributed by atoms with E-state index in [0.29, 0.717) is 11.4 Å². The normalized spacial score (nSPS) is 15.1. The molecule has 4 rings (SSSR count). The summed E-state index contributed by atoms with van der Waals surface area (Å²) >= 11 is 0. The molecule has 178 valence electrons. The molecule has 3 aromatic carbocycles. The number of anilines is 2. The first-order valence-corrected chi connectivity index (χ1v) is 12.4. The number of carbonyl (C=O) groups is 1. The van der Waals surface area contributed by atoms with Crippen molar-refractivity contribution >= 4 is 27.3 Å². The van der Waals surface area contributed by atoms with Crippen molar-refractivity contribution < 1.29 is 22.7 Å². The third-order valence-electron chi connectivity index (χ3n) is 5.98. The predicted molar refractivity (Wildman–Crippen MR) is 132 cm³/mol. The first-order valence-electron chi connectivity index (χ1n) is 11.0. The van der Waals surface area contributed by atoms with Crippen molar-refractivity contribution in [3.05, 3.63) is 77.9 Å². The number of sulfonamides is 1. The van der Waals surface area contributed by atoms with Gasteiger partial charge in [-0.2, -0.15) is 0 Å². The summed E-state index contributed by atoms with van der Waals surface area (Å²) in [5, 5.41) is 0. The van der Waals surface area contributed by atoms with E-state index in [2.05, 4.69) is 0 Å². The van der Waals surface area contributed by atoms with Crippen LogP contribution in [0.5, 0.6) is 11.5 Å². The fourth-order valence-electron chi connectivity index (χ4n) is 4.33. The summed E-state index contributed by atoms with van der Waals surface area (Å²) in [5.74, 6) is 0.391. The molecule has 8 heteroatoms. The summed E-state index contributed by atoms with van der Waals surface area (Å²) in [6, 6.07) is 19.3. The van der Waals surface area contributed by atoms with E-state index in [9.17, 15) is 13.2 Å². The van der Waals surface area contributed by atoms with E-state index < -0.39 is 10.0 Å². The predicted octanol–water partition coefficient (Wildman–Crippen LogP) is 4.19. The summed E-state index contributed by atoms with van der Waals surface area (Å²) in [6.07, 6.45) is 0.722. The van der Waals surface area contributed by atoms with Crippen molar-refractivity contribution in [1.82, 2.24) is 0 Å². The minimum Gasteiger partial charge on any atom is -0.497 e. The van der Waals surface area contributed by atoms with E-state index >= 15 is 0 Å². The quantitative estimate of drug-likeness (QED) is 0.507. The molecule has 0 spiro atoms. The molecule has 1 heterocycles.